The fraction of sp³-hybridized carbons (Fsp3) is 0.316. The van der Waals surface area contributed by atoms with Gasteiger partial charge in [0.15, 0.2) is 0 Å². The van der Waals surface area contributed by atoms with Gasteiger partial charge in [-0.05, 0) is 37.1 Å². The monoisotopic (exact) mass is 326 g/mol. The van der Waals surface area contributed by atoms with Crippen LogP contribution in [0.3, 0.4) is 0 Å². The first-order valence-corrected chi connectivity index (χ1v) is 8.09. The highest BCUT2D eigenvalue weighted by Gasteiger charge is 2.21. The molecule has 5 heteroatoms. The number of nitrogens with zero attached hydrogens (tertiary/aromatic N) is 1. The van der Waals surface area contributed by atoms with Crippen LogP contribution in [0.1, 0.15) is 42.1 Å². The van der Waals surface area contributed by atoms with Gasteiger partial charge in [0.1, 0.15) is 6.04 Å². The third-order valence-electron chi connectivity index (χ3n) is 3.97. The smallest absolute Gasteiger partial charge is 0.326 e. The average Bonchev–Trinajstić information content (AvgIpc) is 2.59. The highest BCUT2D eigenvalue weighted by molar-refractivity contribution is 5.99. The van der Waals surface area contributed by atoms with Gasteiger partial charge in [0.2, 0.25) is 0 Å². The number of nitrogens with one attached hydrogen (secondary N) is 1. The van der Waals surface area contributed by atoms with E-state index in [-0.39, 0.29) is 5.91 Å². The maximum Gasteiger partial charge on any atom is 0.326 e. The second-order valence-electron chi connectivity index (χ2n) is 5.70. The fourth-order valence-corrected chi connectivity index (χ4v) is 2.58. The lowest BCUT2D eigenvalue weighted by molar-refractivity contribution is -0.139. The Morgan fingerprint density at radius 1 is 1.21 bits per heavy atom. The van der Waals surface area contributed by atoms with Crippen LogP contribution >= 0.6 is 0 Å². The Morgan fingerprint density at radius 2 is 2.00 bits per heavy atom. The van der Waals surface area contributed by atoms with Crippen molar-refractivity contribution in [1.29, 1.82) is 0 Å². The zero-order chi connectivity index (χ0) is 17.5. The number of unbranched alkanes of at least 4 members (excludes halogenated alkanes) is 1. The SMILES string of the molecule is CCCCC(NC(=O)c1cccc(-c2ccccn2)c1C)C(=O)O. The number of rotatable bonds is 7. The molecule has 0 fully saturated rings. The normalized spacial score (nSPS) is 11.8. The highest BCUT2D eigenvalue weighted by Crippen LogP contribution is 2.24. The second-order valence-corrected chi connectivity index (χ2v) is 5.70. The van der Waals surface area contributed by atoms with Gasteiger partial charge >= 0.3 is 5.97 Å². The van der Waals surface area contributed by atoms with Crippen molar-refractivity contribution in [2.24, 2.45) is 0 Å². The molecule has 126 valence electrons. The summed E-state index contributed by atoms with van der Waals surface area (Å²) in [6.45, 7) is 3.84. The van der Waals surface area contributed by atoms with Gasteiger partial charge in [0.05, 0.1) is 5.69 Å². The summed E-state index contributed by atoms with van der Waals surface area (Å²) in [7, 11) is 0. The van der Waals surface area contributed by atoms with Gasteiger partial charge in [0, 0.05) is 17.3 Å². The Balaban J connectivity index is 2.25. The number of benzene rings is 1. The Kier molecular flexibility index (Phi) is 6.07. The first kappa shape index (κ1) is 17.7. The van der Waals surface area contributed by atoms with Crippen molar-refractivity contribution in [1.82, 2.24) is 10.3 Å². The van der Waals surface area contributed by atoms with E-state index in [0.29, 0.717) is 12.0 Å². The minimum atomic E-state index is -1.00. The van der Waals surface area contributed by atoms with E-state index in [2.05, 4.69) is 10.3 Å². The molecular weight excluding hydrogens is 304 g/mol. The maximum atomic E-state index is 12.5. The second kappa shape index (κ2) is 8.24. The van der Waals surface area contributed by atoms with Gasteiger partial charge in [-0.3, -0.25) is 9.78 Å². The van der Waals surface area contributed by atoms with E-state index in [1.54, 1.807) is 18.3 Å². The topological polar surface area (TPSA) is 79.3 Å². The number of amides is 1. The molecule has 2 rings (SSSR count). The predicted octanol–water partition coefficient (Wildman–Crippen LogP) is 3.43. The molecule has 1 amide bonds. The van der Waals surface area contributed by atoms with Crippen LogP contribution in [0.15, 0.2) is 42.6 Å². The van der Waals surface area contributed by atoms with E-state index >= 15 is 0 Å². The Hall–Kier alpha value is -2.69. The molecule has 1 heterocycles. The number of hydrogen-bond acceptors (Lipinski definition) is 3. The number of aliphatic carboxylic acids is 1. The van der Waals surface area contributed by atoms with Gasteiger partial charge < -0.3 is 10.4 Å². The summed E-state index contributed by atoms with van der Waals surface area (Å²) in [5.74, 6) is -1.37. The molecule has 0 aliphatic rings. The predicted molar refractivity (Wildman–Crippen MR) is 92.8 cm³/mol. The summed E-state index contributed by atoms with van der Waals surface area (Å²) in [5, 5.41) is 11.9. The Bertz CT molecular complexity index is 714. The molecule has 0 spiro atoms. The standard InChI is InChI=1S/C19H22N2O3/c1-3-4-10-17(19(23)24)21-18(22)15-9-7-8-14(13(15)2)16-11-5-6-12-20-16/h5-9,11-12,17H,3-4,10H2,1-2H3,(H,21,22)(H,23,24). The first-order chi connectivity index (χ1) is 11.5. The van der Waals surface area contributed by atoms with Crippen LogP contribution in [-0.2, 0) is 4.79 Å². The van der Waals surface area contributed by atoms with E-state index in [0.717, 1.165) is 29.7 Å². The number of carbonyl (C=O) groups is 2. The molecule has 2 aromatic rings. The largest absolute Gasteiger partial charge is 0.480 e. The number of hydrogen-bond donors (Lipinski definition) is 2. The quantitative estimate of drug-likeness (QED) is 0.817. The summed E-state index contributed by atoms with van der Waals surface area (Å²) in [6, 6.07) is 10.1. The van der Waals surface area contributed by atoms with Crippen molar-refractivity contribution in [2.45, 2.75) is 39.2 Å². The zero-order valence-electron chi connectivity index (χ0n) is 14.0. The van der Waals surface area contributed by atoms with Crippen molar-refractivity contribution in [3.05, 3.63) is 53.7 Å². The number of carboxylic acids is 1. The molecule has 1 unspecified atom stereocenters. The first-order valence-electron chi connectivity index (χ1n) is 8.09. The Labute approximate surface area is 141 Å². The maximum absolute atomic E-state index is 12.5. The molecule has 1 aromatic heterocycles. The molecule has 0 aliphatic heterocycles. The van der Waals surface area contributed by atoms with Crippen LogP contribution < -0.4 is 5.32 Å². The number of aromatic nitrogens is 1. The van der Waals surface area contributed by atoms with E-state index in [1.165, 1.54) is 0 Å². The van der Waals surface area contributed by atoms with E-state index < -0.39 is 12.0 Å². The van der Waals surface area contributed by atoms with Crippen LogP contribution in [0.2, 0.25) is 0 Å². The summed E-state index contributed by atoms with van der Waals surface area (Å²) in [4.78, 5) is 28.2. The van der Waals surface area contributed by atoms with Crippen LogP contribution in [-0.4, -0.2) is 28.0 Å². The van der Waals surface area contributed by atoms with Crippen molar-refractivity contribution in [3.8, 4) is 11.3 Å². The number of carbonyl (C=O) groups excluding carboxylic acids is 1. The van der Waals surface area contributed by atoms with Crippen LogP contribution in [0.4, 0.5) is 0 Å². The van der Waals surface area contributed by atoms with Crippen LogP contribution in [0, 0.1) is 6.92 Å². The van der Waals surface area contributed by atoms with E-state index in [4.69, 9.17) is 0 Å². The summed E-state index contributed by atoms with van der Waals surface area (Å²) in [5.41, 5.74) is 2.91. The minimum absolute atomic E-state index is 0.367. The molecule has 0 radical (unpaired) electrons. The lowest BCUT2D eigenvalue weighted by Gasteiger charge is -2.16. The van der Waals surface area contributed by atoms with Crippen LogP contribution in [0.5, 0.6) is 0 Å². The molecule has 1 atom stereocenters. The minimum Gasteiger partial charge on any atom is -0.480 e. The Morgan fingerprint density at radius 3 is 2.62 bits per heavy atom. The lowest BCUT2D eigenvalue weighted by atomic mass is 9.98. The van der Waals surface area contributed by atoms with Gasteiger partial charge in [-0.15, -0.1) is 0 Å². The van der Waals surface area contributed by atoms with Crippen molar-refractivity contribution < 1.29 is 14.7 Å². The zero-order valence-corrected chi connectivity index (χ0v) is 14.0. The number of pyridine rings is 1. The average molecular weight is 326 g/mol. The summed E-state index contributed by atoms with van der Waals surface area (Å²) < 4.78 is 0. The molecule has 0 saturated heterocycles. The van der Waals surface area contributed by atoms with E-state index in [1.807, 2.05) is 38.1 Å². The van der Waals surface area contributed by atoms with Gasteiger partial charge in [0.25, 0.3) is 5.91 Å². The third kappa shape index (κ3) is 4.19. The molecular formula is C19H22N2O3. The molecule has 0 saturated carbocycles. The van der Waals surface area contributed by atoms with Crippen molar-refractivity contribution >= 4 is 11.9 Å². The number of carboxylic acid groups (broad SMARTS) is 1. The van der Waals surface area contributed by atoms with Crippen molar-refractivity contribution in [3.63, 3.8) is 0 Å². The molecule has 5 nitrogen and oxygen atoms in total. The van der Waals surface area contributed by atoms with Crippen LogP contribution in [0.25, 0.3) is 11.3 Å². The van der Waals surface area contributed by atoms with Crippen molar-refractivity contribution in [2.75, 3.05) is 0 Å². The molecule has 1 aromatic carbocycles. The summed E-state index contributed by atoms with van der Waals surface area (Å²) in [6.07, 6.45) is 3.77. The van der Waals surface area contributed by atoms with Gasteiger partial charge in [-0.1, -0.05) is 38.0 Å². The molecule has 2 N–H and O–H groups in total. The van der Waals surface area contributed by atoms with Gasteiger partial charge in [-0.25, -0.2) is 4.79 Å². The lowest BCUT2D eigenvalue weighted by Crippen LogP contribution is -2.41. The molecule has 0 bridgehead atoms. The third-order valence-corrected chi connectivity index (χ3v) is 3.97. The molecule has 24 heavy (non-hydrogen) atoms. The van der Waals surface area contributed by atoms with Gasteiger partial charge in [-0.2, -0.15) is 0 Å². The summed E-state index contributed by atoms with van der Waals surface area (Å²) >= 11 is 0. The highest BCUT2D eigenvalue weighted by atomic mass is 16.4. The molecule has 0 aliphatic carbocycles. The fourth-order valence-electron chi connectivity index (χ4n) is 2.58. The van der Waals surface area contributed by atoms with E-state index in [9.17, 15) is 14.7 Å².